The van der Waals surface area contributed by atoms with Gasteiger partial charge in [-0.15, -0.1) is 0 Å². The fraction of sp³-hybridized carbons (Fsp3) is 0.182. The van der Waals surface area contributed by atoms with Crippen LogP contribution >= 0.6 is 0 Å². The zero-order chi connectivity index (χ0) is 16.9. The predicted octanol–water partition coefficient (Wildman–Crippen LogP) is 5.65. The fourth-order valence-corrected chi connectivity index (χ4v) is 2.72. The molecular weight excluding hydrogens is 294 g/mol. The molecular formula is C22H23NO. The van der Waals surface area contributed by atoms with Crippen LogP contribution in [0.2, 0.25) is 0 Å². The van der Waals surface area contributed by atoms with Gasteiger partial charge in [0.2, 0.25) is 0 Å². The molecule has 0 N–H and O–H groups in total. The van der Waals surface area contributed by atoms with Crippen LogP contribution in [0.1, 0.15) is 16.7 Å². The van der Waals surface area contributed by atoms with Crippen molar-refractivity contribution in [2.24, 2.45) is 0 Å². The Morgan fingerprint density at radius 2 is 1.58 bits per heavy atom. The topological polar surface area (TPSA) is 12.5 Å². The van der Waals surface area contributed by atoms with E-state index in [2.05, 4.69) is 80.4 Å². The van der Waals surface area contributed by atoms with Crippen molar-refractivity contribution in [1.82, 2.24) is 0 Å². The lowest BCUT2D eigenvalue weighted by Gasteiger charge is -2.21. The van der Waals surface area contributed by atoms with E-state index in [1.165, 1.54) is 28.1 Å². The first-order chi connectivity index (χ1) is 11.6. The minimum atomic E-state index is 0.588. The number of benzene rings is 3. The minimum Gasteiger partial charge on any atom is -0.489 e. The predicted molar refractivity (Wildman–Crippen MR) is 101 cm³/mol. The fourth-order valence-electron chi connectivity index (χ4n) is 2.72. The first-order valence-electron chi connectivity index (χ1n) is 8.21. The average molecular weight is 317 g/mol. The van der Waals surface area contributed by atoms with E-state index in [1.807, 2.05) is 18.2 Å². The largest absolute Gasteiger partial charge is 0.489 e. The summed E-state index contributed by atoms with van der Waals surface area (Å²) in [6.07, 6.45) is 0. The second-order valence-corrected chi connectivity index (χ2v) is 6.11. The molecule has 0 aliphatic carbocycles. The van der Waals surface area contributed by atoms with Crippen molar-refractivity contribution >= 4 is 11.4 Å². The number of hydrogen-bond acceptors (Lipinski definition) is 2. The van der Waals surface area contributed by atoms with Crippen molar-refractivity contribution in [3.63, 3.8) is 0 Å². The summed E-state index contributed by atoms with van der Waals surface area (Å²) in [7, 11) is 2.09. The van der Waals surface area contributed by atoms with E-state index in [0.717, 1.165) is 5.75 Å². The van der Waals surface area contributed by atoms with Crippen LogP contribution in [-0.2, 0) is 6.61 Å². The van der Waals surface area contributed by atoms with Crippen LogP contribution in [0.4, 0.5) is 11.4 Å². The van der Waals surface area contributed by atoms with E-state index in [0.29, 0.717) is 6.61 Å². The lowest BCUT2D eigenvalue weighted by atomic mass is 10.1. The number of ether oxygens (including phenoxy) is 1. The molecule has 0 aliphatic rings. The molecule has 3 rings (SSSR count). The molecule has 0 aromatic heterocycles. The lowest BCUT2D eigenvalue weighted by Crippen LogP contribution is -2.10. The quantitative estimate of drug-likeness (QED) is 0.603. The lowest BCUT2D eigenvalue weighted by molar-refractivity contribution is 0.305. The molecule has 0 heterocycles. The van der Waals surface area contributed by atoms with E-state index in [9.17, 15) is 0 Å². The maximum atomic E-state index is 5.93. The third kappa shape index (κ3) is 3.77. The van der Waals surface area contributed by atoms with Gasteiger partial charge in [0.25, 0.3) is 0 Å². The summed E-state index contributed by atoms with van der Waals surface area (Å²) in [5.41, 5.74) is 6.02. The van der Waals surface area contributed by atoms with Gasteiger partial charge in [-0.25, -0.2) is 0 Å². The molecule has 3 aromatic rings. The molecule has 0 bridgehead atoms. The van der Waals surface area contributed by atoms with Gasteiger partial charge in [0.1, 0.15) is 12.4 Å². The molecule has 0 radical (unpaired) electrons. The molecule has 24 heavy (non-hydrogen) atoms. The van der Waals surface area contributed by atoms with Crippen LogP contribution in [0, 0.1) is 13.8 Å². The standard InChI is InChI=1S/C22H23NO/c1-17-8-7-11-22(14-17)24-16-19-12-13-21(15-18(19)2)23(3)20-9-5-4-6-10-20/h4-15H,16H2,1-3H3. The molecule has 0 saturated carbocycles. The number of anilines is 2. The first kappa shape index (κ1) is 16.1. The smallest absolute Gasteiger partial charge is 0.120 e. The number of rotatable bonds is 5. The number of para-hydroxylation sites is 1. The van der Waals surface area contributed by atoms with Crippen LogP contribution < -0.4 is 9.64 Å². The van der Waals surface area contributed by atoms with Crippen molar-refractivity contribution in [2.75, 3.05) is 11.9 Å². The molecule has 0 unspecified atom stereocenters. The Labute approximate surface area is 144 Å². The van der Waals surface area contributed by atoms with Gasteiger partial charge in [-0.2, -0.15) is 0 Å². The van der Waals surface area contributed by atoms with Crippen molar-refractivity contribution in [3.8, 4) is 5.75 Å². The number of nitrogens with zero attached hydrogens (tertiary/aromatic N) is 1. The van der Waals surface area contributed by atoms with Gasteiger partial charge < -0.3 is 9.64 Å². The Balaban J connectivity index is 1.73. The van der Waals surface area contributed by atoms with E-state index >= 15 is 0 Å². The second-order valence-electron chi connectivity index (χ2n) is 6.11. The van der Waals surface area contributed by atoms with Gasteiger partial charge >= 0.3 is 0 Å². The summed E-state index contributed by atoms with van der Waals surface area (Å²) in [4.78, 5) is 2.19. The first-order valence-corrected chi connectivity index (χ1v) is 8.21. The summed E-state index contributed by atoms with van der Waals surface area (Å²) in [6.45, 7) is 4.80. The summed E-state index contributed by atoms with van der Waals surface area (Å²) in [5.74, 6) is 0.917. The zero-order valence-electron chi connectivity index (χ0n) is 14.5. The highest BCUT2D eigenvalue weighted by atomic mass is 16.5. The Morgan fingerprint density at radius 1 is 0.792 bits per heavy atom. The van der Waals surface area contributed by atoms with E-state index in [4.69, 9.17) is 4.74 Å². The summed E-state index contributed by atoms with van der Waals surface area (Å²) in [5, 5.41) is 0. The summed E-state index contributed by atoms with van der Waals surface area (Å²) in [6, 6.07) is 25.1. The summed E-state index contributed by atoms with van der Waals surface area (Å²) >= 11 is 0. The Bertz CT molecular complexity index is 811. The molecule has 0 amide bonds. The van der Waals surface area contributed by atoms with Gasteiger partial charge in [-0.1, -0.05) is 36.4 Å². The van der Waals surface area contributed by atoms with Crippen molar-refractivity contribution in [1.29, 1.82) is 0 Å². The average Bonchev–Trinajstić information content (AvgIpc) is 2.61. The summed E-state index contributed by atoms with van der Waals surface area (Å²) < 4.78 is 5.93. The van der Waals surface area contributed by atoms with Crippen molar-refractivity contribution in [2.45, 2.75) is 20.5 Å². The Hall–Kier alpha value is -2.74. The Kier molecular flexibility index (Phi) is 4.85. The van der Waals surface area contributed by atoms with Gasteiger partial charge in [0.15, 0.2) is 0 Å². The Morgan fingerprint density at radius 3 is 2.29 bits per heavy atom. The monoisotopic (exact) mass is 317 g/mol. The van der Waals surface area contributed by atoms with E-state index < -0.39 is 0 Å². The van der Waals surface area contributed by atoms with Gasteiger partial charge in [0.05, 0.1) is 0 Å². The molecule has 0 atom stereocenters. The normalized spacial score (nSPS) is 10.5. The molecule has 3 aromatic carbocycles. The van der Waals surface area contributed by atoms with Crippen LogP contribution in [-0.4, -0.2) is 7.05 Å². The molecule has 2 heteroatoms. The minimum absolute atomic E-state index is 0.588. The highest BCUT2D eigenvalue weighted by Crippen LogP contribution is 2.26. The van der Waals surface area contributed by atoms with Crippen LogP contribution in [0.15, 0.2) is 72.8 Å². The number of aryl methyl sites for hydroxylation is 2. The zero-order valence-corrected chi connectivity index (χ0v) is 14.5. The maximum absolute atomic E-state index is 5.93. The third-order valence-electron chi connectivity index (χ3n) is 4.24. The highest BCUT2D eigenvalue weighted by Gasteiger charge is 2.07. The van der Waals surface area contributed by atoms with Crippen LogP contribution in [0.3, 0.4) is 0 Å². The highest BCUT2D eigenvalue weighted by molar-refractivity contribution is 5.63. The van der Waals surface area contributed by atoms with Gasteiger partial charge in [0, 0.05) is 18.4 Å². The molecule has 0 spiro atoms. The van der Waals surface area contributed by atoms with E-state index in [1.54, 1.807) is 0 Å². The molecule has 0 saturated heterocycles. The van der Waals surface area contributed by atoms with E-state index in [-0.39, 0.29) is 0 Å². The third-order valence-corrected chi connectivity index (χ3v) is 4.24. The molecule has 122 valence electrons. The molecule has 2 nitrogen and oxygen atoms in total. The number of hydrogen-bond donors (Lipinski definition) is 0. The maximum Gasteiger partial charge on any atom is 0.120 e. The van der Waals surface area contributed by atoms with Crippen LogP contribution in [0.25, 0.3) is 0 Å². The van der Waals surface area contributed by atoms with Crippen LogP contribution in [0.5, 0.6) is 5.75 Å². The van der Waals surface area contributed by atoms with Crippen molar-refractivity contribution < 1.29 is 4.74 Å². The SMILES string of the molecule is Cc1cccc(OCc2ccc(N(C)c3ccccc3)cc2C)c1. The van der Waals surface area contributed by atoms with Crippen molar-refractivity contribution in [3.05, 3.63) is 89.5 Å². The molecule has 0 fully saturated rings. The second kappa shape index (κ2) is 7.22. The van der Waals surface area contributed by atoms with Gasteiger partial charge in [-0.05, 0) is 66.9 Å². The van der Waals surface area contributed by atoms with Gasteiger partial charge in [-0.3, -0.25) is 0 Å². The molecule has 0 aliphatic heterocycles.